The van der Waals surface area contributed by atoms with E-state index in [-0.39, 0.29) is 41.9 Å². The maximum absolute atomic E-state index is 13.1. The second-order valence-electron chi connectivity index (χ2n) is 8.09. The molecule has 0 fully saturated rings. The van der Waals surface area contributed by atoms with E-state index in [9.17, 15) is 22.4 Å². The monoisotopic (exact) mass is 525 g/mol. The Morgan fingerprint density at radius 2 is 1.68 bits per heavy atom. The Kier molecular flexibility index (Phi) is 9.39. The van der Waals surface area contributed by atoms with Crippen molar-refractivity contribution in [3.8, 4) is 5.75 Å². The molecule has 0 spiro atoms. The van der Waals surface area contributed by atoms with Gasteiger partial charge in [-0.25, -0.2) is 12.8 Å². The smallest absolute Gasteiger partial charge is 0.261 e. The molecule has 0 aliphatic rings. The van der Waals surface area contributed by atoms with Crippen LogP contribution in [0.5, 0.6) is 5.75 Å². The molecule has 0 aliphatic heterocycles. The fraction of sp³-hybridized carbons (Fsp3) is 0.185. The van der Waals surface area contributed by atoms with Crippen LogP contribution in [-0.2, 0) is 26.2 Å². The standard InChI is InChI=1S/C27H28FN3O5S/c1-3-17-29-27(33)20(2)31(18-21-7-5-4-6-8-21)26(32)19-36-24-13-15-25(16-14-24)37(34,35)30-23-11-9-22(28)10-12-23/h3-16,20,30H,1,17-19H2,2H3,(H,29,33)/t20-/m1/s1. The van der Waals surface area contributed by atoms with E-state index in [1.807, 2.05) is 30.3 Å². The highest BCUT2D eigenvalue weighted by Crippen LogP contribution is 2.20. The molecule has 0 aromatic heterocycles. The molecule has 3 rings (SSSR count). The zero-order valence-electron chi connectivity index (χ0n) is 20.3. The van der Waals surface area contributed by atoms with Crippen molar-refractivity contribution in [1.29, 1.82) is 0 Å². The van der Waals surface area contributed by atoms with Crippen LogP contribution in [0.3, 0.4) is 0 Å². The highest BCUT2D eigenvalue weighted by molar-refractivity contribution is 7.92. The Bertz CT molecular complexity index is 1310. The van der Waals surface area contributed by atoms with Crippen LogP contribution >= 0.6 is 0 Å². The fourth-order valence-electron chi connectivity index (χ4n) is 3.36. The van der Waals surface area contributed by atoms with Crippen LogP contribution in [0.2, 0.25) is 0 Å². The first kappa shape index (κ1) is 27.4. The number of rotatable bonds is 12. The van der Waals surface area contributed by atoms with Crippen LogP contribution in [0.4, 0.5) is 10.1 Å². The molecule has 10 heteroatoms. The number of carbonyl (C=O) groups is 2. The van der Waals surface area contributed by atoms with Crippen LogP contribution in [0.1, 0.15) is 12.5 Å². The van der Waals surface area contributed by atoms with Crippen LogP contribution in [0.15, 0.2) is 96.4 Å². The molecule has 0 bridgehead atoms. The van der Waals surface area contributed by atoms with E-state index in [0.717, 1.165) is 17.7 Å². The van der Waals surface area contributed by atoms with Crippen molar-refractivity contribution in [2.24, 2.45) is 0 Å². The summed E-state index contributed by atoms with van der Waals surface area (Å²) in [5.41, 5.74) is 1.07. The van der Waals surface area contributed by atoms with Gasteiger partial charge < -0.3 is 15.0 Å². The molecule has 194 valence electrons. The van der Waals surface area contributed by atoms with E-state index in [0.29, 0.717) is 0 Å². The van der Waals surface area contributed by atoms with E-state index >= 15 is 0 Å². The summed E-state index contributed by atoms with van der Waals surface area (Å²) in [6.07, 6.45) is 1.55. The maximum Gasteiger partial charge on any atom is 0.261 e. The predicted molar refractivity (Wildman–Crippen MR) is 139 cm³/mol. The quantitative estimate of drug-likeness (QED) is 0.351. The lowest BCUT2D eigenvalue weighted by Crippen LogP contribution is -2.49. The van der Waals surface area contributed by atoms with E-state index in [1.54, 1.807) is 13.0 Å². The van der Waals surface area contributed by atoms with Gasteiger partial charge in [-0.1, -0.05) is 36.4 Å². The zero-order chi connectivity index (χ0) is 26.8. The third kappa shape index (κ3) is 7.91. The van der Waals surface area contributed by atoms with Gasteiger partial charge in [-0.2, -0.15) is 0 Å². The number of anilines is 1. The second-order valence-corrected chi connectivity index (χ2v) is 9.77. The van der Waals surface area contributed by atoms with Gasteiger partial charge in [-0.05, 0) is 61.0 Å². The molecule has 0 radical (unpaired) electrons. The van der Waals surface area contributed by atoms with Crippen molar-refractivity contribution in [2.75, 3.05) is 17.9 Å². The van der Waals surface area contributed by atoms with Gasteiger partial charge in [0.2, 0.25) is 5.91 Å². The van der Waals surface area contributed by atoms with Gasteiger partial charge in [-0.15, -0.1) is 6.58 Å². The molecular weight excluding hydrogens is 497 g/mol. The van der Waals surface area contributed by atoms with Crippen molar-refractivity contribution in [1.82, 2.24) is 10.2 Å². The summed E-state index contributed by atoms with van der Waals surface area (Å²) in [4.78, 5) is 27.0. The summed E-state index contributed by atoms with van der Waals surface area (Å²) in [6, 6.07) is 18.9. The molecule has 37 heavy (non-hydrogen) atoms. The van der Waals surface area contributed by atoms with Crippen molar-refractivity contribution in [3.05, 3.63) is 103 Å². The third-order valence-electron chi connectivity index (χ3n) is 5.38. The molecule has 2 N–H and O–H groups in total. The number of ether oxygens (including phenoxy) is 1. The SMILES string of the molecule is C=CCNC(=O)[C@@H](C)N(Cc1ccccc1)C(=O)COc1ccc(S(=O)(=O)Nc2ccc(F)cc2)cc1. The van der Waals surface area contributed by atoms with Gasteiger partial charge in [0.05, 0.1) is 4.90 Å². The normalized spacial score (nSPS) is 11.7. The lowest BCUT2D eigenvalue weighted by Gasteiger charge is -2.28. The van der Waals surface area contributed by atoms with Crippen LogP contribution in [0, 0.1) is 5.82 Å². The van der Waals surface area contributed by atoms with E-state index in [2.05, 4.69) is 16.6 Å². The number of nitrogens with one attached hydrogen (secondary N) is 2. The number of benzene rings is 3. The van der Waals surface area contributed by atoms with Crippen LogP contribution < -0.4 is 14.8 Å². The molecule has 8 nitrogen and oxygen atoms in total. The van der Waals surface area contributed by atoms with Crippen molar-refractivity contribution >= 4 is 27.5 Å². The van der Waals surface area contributed by atoms with Gasteiger partial charge in [0.1, 0.15) is 17.6 Å². The highest BCUT2D eigenvalue weighted by Gasteiger charge is 2.26. The highest BCUT2D eigenvalue weighted by atomic mass is 32.2. The first-order valence-electron chi connectivity index (χ1n) is 11.4. The average Bonchev–Trinajstić information content (AvgIpc) is 2.90. The zero-order valence-corrected chi connectivity index (χ0v) is 21.1. The molecule has 0 aliphatic carbocycles. The van der Waals surface area contributed by atoms with E-state index < -0.39 is 27.8 Å². The minimum atomic E-state index is -3.91. The Morgan fingerprint density at radius 1 is 1.03 bits per heavy atom. The Hall–Kier alpha value is -4.18. The number of hydrogen-bond donors (Lipinski definition) is 2. The Balaban J connectivity index is 1.66. The molecule has 0 saturated carbocycles. The summed E-state index contributed by atoms with van der Waals surface area (Å²) in [5.74, 6) is -0.946. The minimum absolute atomic E-state index is 0.0336. The van der Waals surface area contributed by atoms with Gasteiger partial charge in [0, 0.05) is 18.8 Å². The summed E-state index contributed by atoms with van der Waals surface area (Å²) in [7, 11) is -3.91. The summed E-state index contributed by atoms with van der Waals surface area (Å²) in [5, 5.41) is 2.69. The number of carbonyl (C=O) groups excluding carboxylic acids is 2. The number of hydrogen-bond acceptors (Lipinski definition) is 5. The summed E-state index contributed by atoms with van der Waals surface area (Å²) >= 11 is 0. The largest absolute Gasteiger partial charge is 0.484 e. The topological polar surface area (TPSA) is 105 Å². The van der Waals surface area contributed by atoms with Crippen molar-refractivity contribution in [2.45, 2.75) is 24.4 Å². The number of halogens is 1. The summed E-state index contributed by atoms with van der Waals surface area (Å²) < 4.78 is 46.2. The third-order valence-corrected chi connectivity index (χ3v) is 6.77. The van der Waals surface area contributed by atoms with Gasteiger partial charge in [0.25, 0.3) is 15.9 Å². The van der Waals surface area contributed by atoms with E-state index in [1.165, 1.54) is 41.3 Å². The molecular formula is C27H28FN3O5S. The lowest BCUT2D eigenvalue weighted by molar-refractivity contribution is -0.142. The first-order valence-corrected chi connectivity index (χ1v) is 12.9. The molecule has 2 amide bonds. The minimum Gasteiger partial charge on any atom is -0.484 e. The Morgan fingerprint density at radius 3 is 2.30 bits per heavy atom. The fourth-order valence-corrected chi connectivity index (χ4v) is 4.42. The Labute approximate surface area is 215 Å². The number of nitrogens with zero attached hydrogens (tertiary/aromatic N) is 1. The molecule has 0 unspecified atom stereocenters. The average molecular weight is 526 g/mol. The molecule has 1 atom stereocenters. The lowest BCUT2D eigenvalue weighted by atomic mass is 10.1. The van der Waals surface area contributed by atoms with Gasteiger partial charge in [-0.3, -0.25) is 14.3 Å². The van der Waals surface area contributed by atoms with Crippen LogP contribution in [0.25, 0.3) is 0 Å². The first-order chi connectivity index (χ1) is 17.7. The van der Waals surface area contributed by atoms with Gasteiger partial charge >= 0.3 is 0 Å². The molecule has 0 saturated heterocycles. The second kappa shape index (κ2) is 12.7. The summed E-state index contributed by atoms with van der Waals surface area (Å²) in [6.45, 7) is 5.34. The number of amides is 2. The van der Waals surface area contributed by atoms with Crippen LogP contribution in [-0.4, -0.2) is 44.3 Å². The maximum atomic E-state index is 13.1. The van der Waals surface area contributed by atoms with Gasteiger partial charge in [0.15, 0.2) is 6.61 Å². The molecule has 3 aromatic rings. The van der Waals surface area contributed by atoms with E-state index in [4.69, 9.17) is 4.74 Å². The predicted octanol–water partition coefficient (Wildman–Crippen LogP) is 3.72. The number of sulfonamides is 1. The molecule has 3 aromatic carbocycles. The molecule has 0 heterocycles. The van der Waals surface area contributed by atoms with Crippen molar-refractivity contribution in [3.63, 3.8) is 0 Å². The van der Waals surface area contributed by atoms with Crippen molar-refractivity contribution < 1.29 is 27.1 Å².